The van der Waals surface area contributed by atoms with Crippen molar-refractivity contribution in [3.05, 3.63) is 24.9 Å². The summed E-state index contributed by atoms with van der Waals surface area (Å²) >= 11 is 0. The molecule has 0 amide bonds. The van der Waals surface area contributed by atoms with Crippen molar-refractivity contribution in [1.82, 2.24) is 0 Å². The van der Waals surface area contributed by atoms with Crippen molar-refractivity contribution in [2.24, 2.45) is 0 Å². The van der Waals surface area contributed by atoms with Crippen molar-refractivity contribution in [2.75, 3.05) is 6.61 Å². The van der Waals surface area contributed by atoms with Gasteiger partial charge in [-0.25, -0.2) is 0 Å². The minimum absolute atomic E-state index is 0.0948. The molecule has 0 N–H and O–H groups in total. The van der Waals surface area contributed by atoms with E-state index in [1.165, 1.54) is 0 Å². The average molecular weight is 198 g/mol. The molecule has 0 spiro atoms. The van der Waals surface area contributed by atoms with E-state index in [-0.39, 0.29) is 18.5 Å². The molecule has 1 saturated heterocycles. The van der Waals surface area contributed by atoms with Crippen LogP contribution in [-0.2, 0) is 19.0 Å². The fourth-order valence-corrected chi connectivity index (χ4v) is 1.00. The maximum absolute atomic E-state index is 10.9. The van der Waals surface area contributed by atoms with E-state index >= 15 is 0 Å². The zero-order valence-electron chi connectivity index (χ0n) is 8.46. The lowest BCUT2D eigenvalue weighted by molar-refractivity contribution is -0.148. The molecule has 14 heavy (non-hydrogen) atoms. The van der Waals surface area contributed by atoms with E-state index in [0.717, 1.165) is 0 Å². The molecule has 0 aromatic carbocycles. The molecular formula is C10H14O4. The molecule has 0 radical (unpaired) electrons. The lowest BCUT2D eigenvalue weighted by atomic mass is 10.1. The Balaban J connectivity index is 2.54. The van der Waals surface area contributed by atoms with E-state index in [1.807, 2.05) is 0 Å². The minimum Gasteiger partial charge on any atom is -0.461 e. The molecule has 1 aliphatic rings. The zero-order valence-corrected chi connectivity index (χ0v) is 8.46. The lowest BCUT2D eigenvalue weighted by Gasteiger charge is -2.20. The molecule has 0 aromatic heterocycles. The predicted octanol–water partition coefficient (Wildman–Crippen LogP) is 1.73. The average Bonchev–Trinajstić information content (AvgIpc) is 2.37. The molecule has 78 valence electrons. The Morgan fingerprint density at radius 3 is 2.64 bits per heavy atom. The molecule has 4 nitrogen and oxygen atoms in total. The summed E-state index contributed by atoms with van der Waals surface area (Å²) in [5, 5.41) is 0. The summed E-state index contributed by atoms with van der Waals surface area (Å²) in [7, 11) is 0. The van der Waals surface area contributed by atoms with E-state index in [4.69, 9.17) is 14.2 Å². The SMILES string of the molecule is C=C1OC(=C)C(C)(COC(=O)CC)O1. The van der Waals surface area contributed by atoms with Crippen molar-refractivity contribution in [3.63, 3.8) is 0 Å². The first kappa shape index (κ1) is 10.6. The Hall–Kier alpha value is -1.45. The summed E-state index contributed by atoms with van der Waals surface area (Å²) in [5.41, 5.74) is -0.804. The Labute approximate surface area is 83.1 Å². The second-order valence-corrected chi connectivity index (χ2v) is 3.24. The molecule has 0 bridgehead atoms. The Bertz CT molecular complexity index is 282. The molecule has 1 heterocycles. The highest BCUT2D eigenvalue weighted by atomic mass is 16.7. The van der Waals surface area contributed by atoms with Crippen molar-refractivity contribution in [2.45, 2.75) is 25.9 Å². The first-order valence-corrected chi connectivity index (χ1v) is 4.38. The Morgan fingerprint density at radius 2 is 2.21 bits per heavy atom. The number of rotatable bonds is 3. The molecule has 1 atom stereocenters. The molecule has 1 rings (SSSR count). The van der Waals surface area contributed by atoms with Crippen molar-refractivity contribution in [1.29, 1.82) is 0 Å². The van der Waals surface area contributed by atoms with Crippen LogP contribution in [0.5, 0.6) is 0 Å². The van der Waals surface area contributed by atoms with Gasteiger partial charge in [-0.05, 0) is 13.5 Å². The second-order valence-electron chi connectivity index (χ2n) is 3.24. The van der Waals surface area contributed by atoms with E-state index in [2.05, 4.69) is 13.2 Å². The maximum atomic E-state index is 10.9. The van der Waals surface area contributed by atoms with Gasteiger partial charge in [0.25, 0.3) is 5.95 Å². The minimum atomic E-state index is -0.804. The highest BCUT2D eigenvalue weighted by Crippen LogP contribution is 2.33. The van der Waals surface area contributed by atoms with Gasteiger partial charge in [0.2, 0.25) is 0 Å². The Kier molecular flexibility index (Phi) is 2.84. The lowest BCUT2D eigenvalue weighted by Crippen LogP contribution is -2.32. The summed E-state index contributed by atoms with van der Waals surface area (Å²) in [6, 6.07) is 0. The van der Waals surface area contributed by atoms with Crippen LogP contribution in [0, 0.1) is 0 Å². The highest BCUT2D eigenvalue weighted by molar-refractivity contribution is 5.68. The van der Waals surface area contributed by atoms with Gasteiger partial charge >= 0.3 is 5.97 Å². The van der Waals surface area contributed by atoms with Crippen molar-refractivity contribution in [3.8, 4) is 0 Å². The summed E-state index contributed by atoms with van der Waals surface area (Å²) in [6.45, 7) is 10.7. The number of carbonyl (C=O) groups excluding carboxylic acids is 1. The summed E-state index contributed by atoms with van der Waals surface area (Å²) < 4.78 is 15.3. The third kappa shape index (κ3) is 2.07. The van der Waals surface area contributed by atoms with Gasteiger partial charge in [0.1, 0.15) is 12.4 Å². The number of hydrogen-bond acceptors (Lipinski definition) is 4. The summed E-state index contributed by atoms with van der Waals surface area (Å²) in [6.07, 6.45) is 0.338. The molecular weight excluding hydrogens is 184 g/mol. The van der Waals surface area contributed by atoms with Crippen LogP contribution < -0.4 is 0 Å². The van der Waals surface area contributed by atoms with Crippen LogP contribution in [0.4, 0.5) is 0 Å². The monoisotopic (exact) mass is 198 g/mol. The molecule has 0 aromatic rings. The molecule has 1 aliphatic heterocycles. The van der Waals surface area contributed by atoms with Crippen LogP contribution in [0.15, 0.2) is 24.9 Å². The van der Waals surface area contributed by atoms with Crippen molar-refractivity contribution >= 4 is 5.97 Å². The van der Waals surface area contributed by atoms with E-state index < -0.39 is 5.60 Å². The van der Waals surface area contributed by atoms with E-state index in [1.54, 1.807) is 13.8 Å². The molecule has 0 aliphatic carbocycles. The second kappa shape index (κ2) is 3.74. The van der Waals surface area contributed by atoms with Gasteiger partial charge in [-0.15, -0.1) is 0 Å². The number of hydrogen-bond donors (Lipinski definition) is 0. The number of esters is 1. The van der Waals surface area contributed by atoms with Crippen LogP contribution >= 0.6 is 0 Å². The van der Waals surface area contributed by atoms with Gasteiger partial charge in [-0.2, -0.15) is 0 Å². The third-order valence-electron chi connectivity index (χ3n) is 1.96. The van der Waals surface area contributed by atoms with Crippen LogP contribution in [0.25, 0.3) is 0 Å². The van der Waals surface area contributed by atoms with Gasteiger partial charge in [-0.1, -0.05) is 13.5 Å². The molecule has 0 saturated carbocycles. The van der Waals surface area contributed by atoms with Crippen LogP contribution in [-0.4, -0.2) is 18.2 Å². The number of carbonyl (C=O) groups is 1. The smallest absolute Gasteiger partial charge is 0.305 e. The third-order valence-corrected chi connectivity index (χ3v) is 1.96. The highest BCUT2D eigenvalue weighted by Gasteiger charge is 2.40. The van der Waals surface area contributed by atoms with Crippen molar-refractivity contribution < 1.29 is 19.0 Å². The standard InChI is InChI=1S/C10H14O4/c1-5-9(11)12-6-10(4)7(2)13-8(3)14-10/h2-3,5-6H2,1,4H3. The first-order valence-electron chi connectivity index (χ1n) is 4.38. The van der Waals surface area contributed by atoms with Crippen LogP contribution in [0.3, 0.4) is 0 Å². The number of ether oxygens (including phenoxy) is 3. The fraction of sp³-hybridized carbons (Fsp3) is 0.500. The van der Waals surface area contributed by atoms with Crippen LogP contribution in [0.1, 0.15) is 20.3 Å². The fourth-order valence-electron chi connectivity index (χ4n) is 1.00. The van der Waals surface area contributed by atoms with E-state index in [0.29, 0.717) is 12.2 Å². The van der Waals surface area contributed by atoms with Gasteiger partial charge in [-0.3, -0.25) is 4.79 Å². The normalized spacial score (nSPS) is 25.6. The molecule has 1 fully saturated rings. The van der Waals surface area contributed by atoms with Crippen LogP contribution in [0.2, 0.25) is 0 Å². The zero-order chi connectivity index (χ0) is 10.8. The summed E-state index contributed by atoms with van der Waals surface area (Å²) in [4.78, 5) is 10.9. The van der Waals surface area contributed by atoms with Gasteiger partial charge < -0.3 is 14.2 Å². The Morgan fingerprint density at radius 1 is 1.57 bits per heavy atom. The first-order chi connectivity index (χ1) is 6.48. The topological polar surface area (TPSA) is 44.8 Å². The quantitative estimate of drug-likeness (QED) is 0.648. The molecule has 1 unspecified atom stereocenters. The van der Waals surface area contributed by atoms with Gasteiger partial charge in [0.15, 0.2) is 5.60 Å². The largest absolute Gasteiger partial charge is 0.461 e. The van der Waals surface area contributed by atoms with Gasteiger partial charge in [0.05, 0.1) is 0 Å². The van der Waals surface area contributed by atoms with Gasteiger partial charge in [0, 0.05) is 6.42 Å². The summed E-state index contributed by atoms with van der Waals surface area (Å²) in [5.74, 6) is 0.316. The molecule has 4 heteroatoms. The van der Waals surface area contributed by atoms with E-state index in [9.17, 15) is 4.79 Å². The maximum Gasteiger partial charge on any atom is 0.305 e. The predicted molar refractivity (Wildman–Crippen MR) is 50.1 cm³/mol.